The number of benzene rings is 1. The molecule has 88 valence electrons. The average molecular weight is 269 g/mol. The second-order valence-corrected chi connectivity index (χ2v) is 5.25. The molecule has 0 spiro atoms. The van der Waals surface area contributed by atoms with Crippen molar-refractivity contribution < 1.29 is 8.42 Å². The zero-order chi connectivity index (χ0) is 12.9. The average Bonchev–Trinajstić information content (AvgIpc) is 2.29. The molecule has 6 heteroatoms. The second-order valence-electron chi connectivity index (χ2n) is 3.11. The first-order valence-corrected chi connectivity index (χ1v) is 6.50. The van der Waals surface area contributed by atoms with Crippen molar-refractivity contribution in [2.45, 2.75) is 11.3 Å². The lowest BCUT2D eigenvalue weighted by molar-refractivity contribution is 0.582. The fraction of sp³-hybridized carbons (Fsp3) is 0.182. The highest BCUT2D eigenvalue weighted by atomic mass is 35.5. The van der Waals surface area contributed by atoms with Gasteiger partial charge in [-0.15, -0.1) is 12.3 Å². The van der Waals surface area contributed by atoms with Crippen LogP contribution in [0.25, 0.3) is 0 Å². The Morgan fingerprint density at radius 2 is 2.18 bits per heavy atom. The Morgan fingerprint density at radius 1 is 1.47 bits per heavy atom. The van der Waals surface area contributed by atoms with Crippen LogP contribution in [0.3, 0.4) is 0 Å². The van der Waals surface area contributed by atoms with E-state index in [1.54, 1.807) is 0 Å². The Labute approximate surface area is 105 Å². The molecule has 1 N–H and O–H groups in total. The lowest BCUT2D eigenvalue weighted by Gasteiger charge is -2.07. The molecule has 0 aliphatic carbocycles. The van der Waals surface area contributed by atoms with E-state index in [1.165, 1.54) is 18.2 Å². The van der Waals surface area contributed by atoms with Gasteiger partial charge >= 0.3 is 0 Å². The molecule has 0 saturated heterocycles. The molecule has 17 heavy (non-hydrogen) atoms. The number of nitrogens with one attached hydrogen (secondary N) is 1. The largest absolute Gasteiger partial charge is 0.242 e. The third kappa shape index (κ3) is 3.47. The number of sulfonamides is 1. The Bertz CT molecular complexity index is 597. The normalized spacial score (nSPS) is 10.5. The van der Waals surface area contributed by atoms with Crippen LogP contribution >= 0.6 is 11.6 Å². The van der Waals surface area contributed by atoms with Crippen LogP contribution < -0.4 is 4.72 Å². The highest BCUT2D eigenvalue weighted by Gasteiger charge is 2.17. The summed E-state index contributed by atoms with van der Waals surface area (Å²) in [5.74, 6) is 2.32. The van der Waals surface area contributed by atoms with Crippen molar-refractivity contribution >= 4 is 21.6 Å². The van der Waals surface area contributed by atoms with Gasteiger partial charge < -0.3 is 0 Å². The molecule has 0 amide bonds. The van der Waals surface area contributed by atoms with E-state index >= 15 is 0 Å². The summed E-state index contributed by atoms with van der Waals surface area (Å²) in [6.45, 7) is 0.131. The third-order valence-corrected chi connectivity index (χ3v) is 3.85. The molecule has 0 aliphatic heterocycles. The maximum Gasteiger partial charge on any atom is 0.242 e. The zero-order valence-corrected chi connectivity index (χ0v) is 10.3. The number of hydrogen-bond acceptors (Lipinski definition) is 3. The molecule has 0 heterocycles. The lowest BCUT2D eigenvalue weighted by atomic mass is 10.2. The van der Waals surface area contributed by atoms with Crippen molar-refractivity contribution in [1.82, 2.24) is 4.72 Å². The van der Waals surface area contributed by atoms with Crippen molar-refractivity contribution in [2.75, 3.05) is 6.54 Å². The standard InChI is InChI=1S/C11H9ClN2O2S/c1-2-3-6-14-17(15,16)11-7-9(8-13)4-5-10(11)12/h1,4-5,7,14H,3,6H2. The Hall–Kier alpha value is -1.53. The van der Waals surface area contributed by atoms with E-state index in [0.29, 0.717) is 0 Å². The predicted molar refractivity (Wildman–Crippen MR) is 64.8 cm³/mol. The summed E-state index contributed by atoms with van der Waals surface area (Å²) in [6, 6.07) is 5.89. The van der Waals surface area contributed by atoms with Crippen molar-refractivity contribution in [3.63, 3.8) is 0 Å². The van der Waals surface area contributed by atoms with Gasteiger partial charge in [0.25, 0.3) is 0 Å². The van der Waals surface area contributed by atoms with Gasteiger partial charge in [0.1, 0.15) is 4.90 Å². The molecule has 0 bridgehead atoms. The van der Waals surface area contributed by atoms with E-state index in [4.69, 9.17) is 23.3 Å². The van der Waals surface area contributed by atoms with Crippen molar-refractivity contribution in [1.29, 1.82) is 5.26 Å². The van der Waals surface area contributed by atoms with Crippen LogP contribution in [0.4, 0.5) is 0 Å². The first kappa shape index (κ1) is 13.5. The summed E-state index contributed by atoms with van der Waals surface area (Å²) in [4.78, 5) is -0.116. The molecule has 0 fully saturated rings. The van der Waals surface area contributed by atoms with E-state index in [9.17, 15) is 8.42 Å². The maximum absolute atomic E-state index is 11.8. The molecule has 1 rings (SSSR count). The summed E-state index contributed by atoms with van der Waals surface area (Å²) in [5, 5.41) is 8.76. The highest BCUT2D eigenvalue weighted by molar-refractivity contribution is 7.89. The molecule has 1 aromatic carbocycles. The summed E-state index contributed by atoms with van der Waals surface area (Å²) in [6.07, 6.45) is 5.30. The van der Waals surface area contributed by atoms with E-state index in [-0.39, 0.29) is 28.4 Å². The topological polar surface area (TPSA) is 70.0 Å². The zero-order valence-electron chi connectivity index (χ0n) is 8.77. The minimum Gasteiger partial charge on any atom is -0.210 e. The van der Waals surface area contributed by atoms with Crippen molar-refractivity contribution in [3.05, 3.63) is 28.8 Å². The molecule has 0 radical (unpaired) electrons. The Balaban J connectivity index is 3.07. The first-order valence-electron chi connectivity index (χ1n) is 4.64. The minimum absolute atomic E-state index is 0.0669. The molecule has 1 aromatic rings. The molecule has 0 aromatic heterocycles. The Morgan fingerprint density at radius 3 is 2.76 bits per heavy atom. The Kier molecular flexibility index (Phi) is 4.53. The van der Waals surface area contributed by atoms with Gasteiger partial charge in [-0.2, -0.15) is 5.26 Å². The van der Waals surface area contributed by atoms with Crippen LogP contribution in [0.2, 0.25) is 5.02 Å². The number of nitrogens with zero attached hydrogens (tertiary/aromatic N) is 1. The number of hydrogen-bond donors (Lipinski definition) is 1. The van der Waals surface area contributed by atoms with Gasteiger partial charge in [0.2, 0.25) is 10.0 Å². The summed E-state index contributed by atoms with van der Waals surface area (Å²) in [7, 11) is -3.72. The molecule has 0 unspecified atom stereocenters. The summed E-state index contributed by atoms with van der Waals surface area (Å²) < 4.78 is 25.9. The van der Waals surface area contributed by atoms with E-state index in [2.05, 4.69) is 10.6 Å². The number of terminal acetylenes is 1. The molecule has 0 aliphatic rings. The predicted octanol–water partition coefficient (Wildman–Crippen LogP) is 1.51. The number of halogens is 1. The fourth-order valence-electron chi connectivity index (χ4n) is 1.11. The summed E-state index contributed by atoms with van der Waals surface area (Å²) in [5.41, 5.74) is 0.228. The van der Waals surface area contributed by atoms with Gasteiger partial charge in [-0.05, 0) is 18.2 Å². The van der Waals surface area contributed by atoms with E-state index in [0.717, 1.165) is 0 Å². The summed E-state index contributed by atoms with van der Waals surface area (Å²) >= 11 is 5.78. The van der Waals surface area contributed by atoms with Crippen LogP contribution in [-0.2, 0) is 10.0 Å². The van der Waals surface area contributed by atoms with Crippen LogP contribution in [0.1, 0.15) is 12.0 Å². The minimum atomic E-state index is -3.72. The van der Waals surface area contributed by atoms with E-state index < -0.39 is 10.0 Å². The van der Waals surface area contributed by atoms with Gasteiger partial charge in [0.05, 0.1) is 16.7 Å². The third-order valence-electron chi connectivity index (χ3n) is 1.91. The highest BCUT2D eigenvalue weighted by Crippen LogP contribution is 2.22. The van der Waals surface area contributed by atoms with Crippen molar-refractivity contribution in [2.24, 2.45) is 0 Å². The number of nitriles is 1. The monoisotopic (exact) mass is 268 g/mol. The van der Waals surface area contributed by atoms with E-state index in [1.807, 2.05) is 6.07 Å². The second kappa shape index (κ2) is 5.70. The number of rotatable bonds is 4. The lowest BCUT2D eigenvalue weighted by Crippen LogP contribution is -2.24. The van der Waals surface area contributed by atoms with Gasteiger partial charge in [-0.25, -0.2) is 13.1 Å². The fourth-order valence-corrected chi connectivity index (χ4v) is 2.67. The first-order chi connectivity index (χ1) is 8.01. The van der Waals surface area contributed by atoms with Gasteiger partial charge in [0.15, 0.2) is 0 Å². The quantitative estimate of drug-likeness (QED) is 0.665. The van der Waals surface area contributed by atoms with Crippen molar-refractivity contribution in [3.8, 4) is 18.4 Å². The molecular weight excluding hydrogens is 260 g/mol. The van der Waals surface area contributed by atoms with Crippen LogP contribution in [-0.4, -0.2) is 15.0 Å². The van der Waals surface area contributed by atoms with Crippen LogP contribution in [0.5, 0.6) is 0 Å². The maximum atomic E-state index is 11.8. The SMILES string of the molecule is C#CCCNS(=O)(=O)c1cc(C#N)ccc1Cl. The van der Waals surface area contributed by atoms with Gasteiger partial charge in [-0.1, -0.05) is 11.6 Å². The van der Waals surface area contributed by atoms with Gasteiger partial charge in [0, 0.05) is 13.0 Å². The molecule has 0 saturated carbocycles. The molecule has 4 nitrogen and oxygen atoms in total. The van der Waals surface area contributed by atoms with Crippen LogP contribution in [0, 0.1) is 23.7 Å². The molecule has 0 atom stereocenters. The van der Waals surface area contributed by atoms with Gasteiger partial charge in [-0.3, -0.25) is 0 Å². The smallest absolute Gasteiger partial charge is 0.210 e. The molecular formula is C11H9ClN2O2S. The van der Waals surface area contributed by atoms with Crippen LogP contribution in [0.15, 0.2) is 23.1 Å².